The molecule has 86 valence electrons. The average molecular weight is 242 g/mol. The molecule has 15 heavy (non-hydrogen) atoms. The van der Waals surface area contributed by atoms with Crippen LogP contribution in [0.4, 0.5) is 13.2 Å². The van der Waals surface area contributed by atoms with Gasteiger partial charge in [0.15, 0.2) is 0 Å². The maximum absolute atomic E-state index is 12.2. The monoisotopic (exact) mass is 241 g/mol. The molecule has 7 heteroatoms. The number of hydrogen-bond acceptors (Lipinski definition) is 2. The molecule has 0 aliphatic heterocycles. The lowest BCUT2D eigenvalue weighted by Gasteiger charge is -2.16. The average Bonchev–Trinajstić information content (AvgIpc) is 2.46. The van der Waals surface area contributed by atoms with Crippen molar-refractivity contribution in [3.05, 3.63) is 17.2 Å². The van der Waals surface area contributed by atoms with E-state index >= 15 is 0 Å². The van der Waals surface area contributed by atoms with Gasteiger partial charge in [0.2, 0.25) is 0 Å². The number of rotatable bonds is 3. The molecule has 1 aromatic rings. The maximum Gasteiger partial charge on any atom is 0.404 e. The van der Waals surface area contributed by atoms with Gasteiger partial charge in [-0.15, -0.1) is 0 Å². The van der Waals surface area contributed by atoms with E-state index in [4.69, 9.17) is 17.3 Å². The molecule has 3 nitrogen and oxygen atoms in total. The van der Waals surface area contributed by atoms with Gasteiger partial charge in [-0.05, 0) is 6.92 Å². The van der Waals surface area contributed by atoms with Crippen LogP contribution < -0.4 is 5.73 Å². The summed E-state index contributed by atoms with van der Waals surface area (Å²) in [6.45, 7) is 2.31. The fraction of sp³-hybridized carbons (Fsp3) is 0.625. The maximum atomic E-state index is 12.2. The molecule has 0 aliphatic carbocycles. The summed E-state index contributed by atoms with van der Waals surface area (Å²) < 4.78 is 38.2. The van der Waals surface area contributed by atoms with Crippen molar-refractivity contribution < 1.29 is 13.2 Å². The van der Waals surface area contributed by atoms with E-state index in [9.17, 15) is 13.2 Å². The molecule has 0 fully saturated rings. The van der Waals surface area contributed by atoms with Crippen molar-refractivity contribution in [1.82, 2.24) is 9.55 Å². The van der Waals surface area contributed by atoms with Crippen molar-refractivity contribution in [3.8, 4) is 0 Å². The normalized spacial score (nSPS) is 14.3. The summed E-state index contributed by atoms with van der Waals surface area (Å²) in [5, 5.41) is 0.0801. The minimum Gasteiger partial charge on any atom is -0.333 e. The minimum absolute atomic E-state index is 0.0801. The highest BCUT2D eigenvalue weighted by atomic mass is 35.5. The van der Waals surface area contributed by atoms with Crippen LogP contribution in [0.2, 0.25) is 5.15 Å². The molecule has 0 spiro atoms. The predicted molar refractivity (Wildman–Crippen MR) is 50.6 cm³/mol. The molecule has 1 rings (SSSR count). The molecule has 1 atom stereocenters. The smallest absolute Gasteiger partial charge is 0.333 e. The van der Waals surface area contributed by atoms with E-state index in [0.717, 1.165) is 0 Å². The zero-order valence-electron chi connectivity index (χ0n) is 8.05. The van der Waals surface area contributed by atoms with E-state index in [0.29, 0.717) is 12.2 Å². The second kappa shape index (κ2) is 4.40. The van der Waals surface area contributed by atoms with Crippen molar-refractivity contribution in [2.45, 2.75) is 32.1 Å². The lowest BCUT2D eigenvalue weighted by atomic mass is 10.1. The molecule has 2 N–H and O–H groups in total. The number of halogens is 4. The first-order valence-corrected chi connectivity index (χ1v) is 4.75. The number of alkyl halides is 3. The van der Waals surface area contributed by atoms with Crippen LogP contribution in [0.3, 0.4) is 0 Å². The predicted octanol–water partition coefficient (Wildman–Crippen LogP) is 1.99. The van der Waals surface area contributed by atoms with Crippen molar-refractivity contribution >= 4 is 11.6 Å². The summed E-state index contributed by atoms with van der Waals surface area (Å²) in [7, 11) is 0. The lowest BCUT2D eigenvalue weighted by Crippen LogP contribution is -2.39. The zero-order valence-corrected chi connectivity index (χ0v) is 8.81. The third-order valence-electron chi connectivity index (χ3n) is 2.07. The Morgan fingerprint density at radius 3 is 2.67 bits per heavy atom. The number of nitrogens with zero attached hydrogens (tertiary/aromatic N) is 2. The minimum atomic E-state index is -4.41. The third-order valence-corrected chi connectivity index (χ3v) is 2.39. The van der Waals surface area contributed by atoms with Crippen LogP contribution in [0.5, 0.6) is 0 Å². The standard InChI is InChI=1S/C8H11ClF3N3/c1-2-15-4-14-7(9)5(15)3-6(13)8(10,11)12/h4,6H,2-3,13H2,1H3. The first-order chi connectivity index (χ1) is 6.86. The molecule has 1 unspecified atom stereocenters. The second-order valence-electron chi connectivity index (χ2n) is 3.12. The van der Waals surface area contributed by atoms with E-state index in [1.165, 1.54) is 6.33 Å². The van der Waals surface area contributed by atoms with Gasteiger partial charge in [0.1, 0.15) is 11.2 Å². The van der Waals surface area contributed by atoms with Gasteiger partial charge in [0, 0.05) is 13.0 Å². The second-order valence-corrected chi connectivity index (χ2v) is 3.48. The van der Waals surface area contributed by atoms with Gasteiger partial charge in [0.25, 0.3) is 0 Å². The Hall–Kier alpha value is -0.750. The molecule has 1 heterocycles. The van der Waals surface area contributed by atoms with E-state index in [1.807, 2.05) is 0 Å². The molecule has 0 saturated heterocycles. The highest BCUT2D eigenvalue weighted by Gasteiger charge is 2.37. The number of aromatic nitrogens is 2. The molecular weight excluding hydrogens is 231 g/mol. The first-order valence-electron chi connectivity index (χ1n) is 4.38. The van der Waals surface area contributed by atoms with E-state index < -0.39 is 12.2 Å². The molecule has 0 amide bonds. The number of imidazole rings is 1. The first kappa shape index (κ1) is 12.3. The quantitative estimate of drug-likeness (QED) is 0.880. The highest BCUT2D eigenvalue weighted by Crippen LogP contribution is 2.24. The van der Waals surface area contributed by atoms with Gasteiger partial charge in [-0.1, -0.05) is 11.6 Å². The SMILES string of the molecule is CCn1cnc(Cl)c1CC(N)C(F)(F)F. The highest BCUT2D eigenvalue weighted by molar-refractivity contribution is 6.30. The van der Waals surface area contributed by atoms with Crippen molar-refractivity contribution in [2.75, 3.05) is 0 Å². The molecule has 0 radical (unpaired) electrons. The van der Waals surface area contributed by atoms with Gasteiger partial charge in [0.05, 0.1) is 12.0 Å². The molecule has 0 bridgehead atoms. The number of aryl methyl sites for hydroxylation is 1. The third kappa shape index (κ3) is 2.85. The summed E-state index contributed by atoms with van der Waals surface area (Å²) in [5.41, 5.74) is 5.33. The van der Waals surface area contributed by atoms with Gasteiger partial charge in [-0.2, -0.15) is 13.2 Å². The molecule has 0 saturated carbocycles. The van der Waals surface area contributed by atoms with Crippen molar-refractivity contribution in [1.29, 1.82) is 0 Å². The van der Waals surface area contributed by atoms with Crippen LogP contribution in [0.25, 0.3) is 0 Å². The summed E-state index contributed by atoms with van der Waals surface area (Å²) in [4.78, 5) is 3.73. The molecule has 1 aromatic heterocycles. The largest absolute Gasteiger partial charge is 0.404 e. The Morgan fingerprint density at radius 1 is 1.60 bits per heavy atom. The van der Waals surface area contributed by atoms with Crippen molar-refractivity contribution in [3.63, 3.8) is 0 Å². The van der Waals surface area contributed by atoms with Gasteiger partial charge in [-0.25, -0.2) is 4.98 Å². The van der Waals surface area contributed by atoms with Gasteiger partial charge in [-0.3, -0.25) is 0 Å². The van der Waals surface area contributed by atoms with Crippen LogP contribution >= 0.6 is 11.6 Å². The Kier molecular flexibility index (Phi) is 3.62. The topological polar surface area (TPSA) is 43.8 Å². The van der Waals surface area contributed by atoms with Gasteiger partial charge >= 0.3 is 6.18 Å². The van der Waals surface area contributed by atoms with Crippen LogP contribution in [0.1, 0.15) is 12.6 Å². The number of nitrogens with two attached hydrogens (primary N) is 1. The Labute approximate surface area is 90.0 Å². The van der Waals surface area contributed by atoms with Crippen LogP contribution in [-0.4, -0.2) is 21.8 Å². The van der Waals surface area contributed by atoms with Crippen LogP contribution in [0.15, 0.2) is 6.33 Å². The summed E-state index contributed by atoms with van der Waals surface area (Å²) in [6.07, 6.45) is -3.36. The van der Waals surface area contributed by atoms with Crippen LogP contribution in [-0.2, 0) is 13.0 Å². The molecular formula is C8H11ClF3N3. The van der Waals surface area contributed by atoms with Crippen LogP contribution in [0, 0.1) is 0 Å². The van der Waals surface area contributed by atoms with E-state index in [-0.39, 0.29) is 11.6 Å². The van der Waals surface area contributed by atoms with E-state index in [2.05, 4.69) is 4.98 Å². The summed E-state index contributed by atoms with van der Waals surface area (Å²) in [5.74, 6) is 0. The van der Waals surface area contributed by atoms with Crippen molar-refractivity contribution in [2.24, 2.45) is 5.73 Å². The molecule has 0 aromatic carbocycles. The number of hydrogen-bond donors (Lipinski definition) is 1. The summed E-state index contributed by atoms with van der Waals surface area (Å²) in [6, 6.07) is -1.91. The van der Waals surface area contributed by atoms with E-state index in [1.54, 1.807) is 11.5 Å². The molecule has 0 aliphatic rings. The summed E-state index contributed by atoms with van der Waals surface area (Å²) >= 11 is 5.66. The Balaban J connectivity index is 2.84. The zero-order chi connectivity index (χ0) is 11.6. The fourth-order valence-electron chi connectivity index (χ4n) is 1.18. The van der Waals surface area contributed by atoms with Gasteiger partial charge < -0.3 is 10.3 Å². The Bertz CT molecular complexity index is 334. The fourth-order valence-corrected chi connectivity index (χ4v) is 1.41. The lowest BCUT2D eigenvalue weighted by molar-refractivity contribution is -0.147. The Morgan fingerprint density at radius 2 is 2.20 bits per heavy atom.